The molecule has 3 rings (SSSR count). The zero-order chi connectivity index (χ0) is 12.6. The predicted molar refractivity (Wildman–Crippen MR) is 72.4 cm³/mol. The quantitative estimate of drug-likeness (QED) is 0.866. The molecule has 96 valence electrons. The van der Waals surface area contributed by atoms with E-state index in [1.54, 1.807) is 0 Å². The molecule has 1 aliphatic carbocycles. The van der Waals surface area contributed by atoms with E-state index in [4.69, 9.17) is 4.42 Å². The molecule has 1 aliphatic rings. The van der Waals surface area contributed by atoms with Gasteiger partial charge < -0.3 is 9.52 Å². The van der Waals surface area contributed by atoms with Crippen LogP contribution in [0.25, 0.3) is 11.0 Å². The van der Waals surface area contributed by atoms with Gasteiger partial charge in [-0.05, 0) is 31.4 Å². The third-order valence-corrected chi connectivity index (χ3v) is 4.60. The van der Waals surface area contributed by atoms with Gasteiger partial charge in [-0.25, -0.2) is 0 Å². The highest BCUT2D eigenvalue weighted by Gasteiger charge is 2.41. The van der Waals surface area contributed by atoms with Crippen LogP contribution in [0.5, 0.6) is 0 Å². The summed E-state index contributed by atoms with van der Waals surface area (Å²) >= 11 is 0. The first-order chi connectivity index (χ1) is 8.75. The second-order valence-corrected chi connectivity index (χ2v) is 5.51. The van der Waals surface area contributed by atoms with Crippen molar-refractivity contribution in [3.63, 3.8) is 0 Å². The van der Waals surface area contributed by atoms with Gasteiger partial charge in [-0.3, -0.25) is 0 Å². The van der Waals surface area contributed by atoms with Crippen LogP contribution >= 0.6 is 0 Å². The minimum absolute atomic E-state index is 0.0356. The lowest BCUT2D eigenvalue weighted by molar-refractivity contribution is 0.00878. The molecule has 1 aromatic heterocycles. The summed E-state index contributed by atoms with van der Waals surface area (Å²) in [4.78, 5) is 0. The van der Waals surface area contributed by atoms with Gasteiger partial charge in [0, 0.05) is 10.8 Å². The highest BCUT2D eigenvalue weighted by molar-refractivity contribution is 5.77. The molecule has 1 heterocycles. The smallest absolute Gasteiger partial charge is 0.134 e. The van der Waals surface area contributed by atoms with Gasteiger partial charge in [0.1, 0.15) is 17.4 Å². The number of hydrogen-bond donors (Lipinski definition) is 1. The van der Waals surface area contributed by atoms with Crippen molar-refractivity contribution < 1.29 is 9.52 Å². The van der Waals surface area contributed by atoms with Crippen LogP contribution in [0.2, 0.25) is 0 Å². The Morgan fingerprint density at radius 2 is 2.00 bits per heavy atom. The zero-order valence-electron chi connectivity index (χ0n) is 10.9. The first kappa shape index (κ1) is 11.8. The number of rotatable bonds is 3. The Bertz CT molecular complexity index is 502. The van der Waals surface area contributed by atoms with Gasteiger partial charge in [0.2, 0.25) is 0 Å². The molecule has 2 heteroatoms. The van der Waals surface area contributed by atoms with Crippen molar-refractivity contribution in [2.75, 3.05) is 0 Å². The lowest BCUT2D eigenvalue weighted by Gasteiger charge is -2.31. The summed E-state index contributed by atoms with van der Waals surface area (Å²) < 4.78 is 5.82. The van der Waals surface area contributed by atoms with Crippen LogP contribution in [0.1, 0.15) is 50.9 Å². The fourth-order valence-electron chi connectivity index (χ4n) is 3.34. The van der Waals surface area contributed by atoms with Crippen molar-refractivity contribution in [3.8, 4) is 0 Å². The Morgan fingerprint density at radius 3 is 2.67 bits per heavy atom. The topological polar surface area (TPSA) is 33.4 Å². The number of aliphatic hydroxyl groups is 1. The molecular formula is C16H20O2. The Hall–Kier alpha value is -1.28. The summed E-state index contributed by atoms with van der Waals surface area (Å²) in [6.07, 6.45) is 5.24. The lowest BCUT2D eigenvalue weighted by atomic mass is 9.77. The van der Waals surface area contributed by atoms with Gasteiger partial charge in [-0.15, -0.1) is 0 Å². The minimum atomic E-state index is -0.461. The van der Waals surface area contributed by atoms with Crippen molar-refractivity contribution >= 4 is 11.0 Å². The highest BCUT2D eigenvalue weighted by atomic mass is 16.4. The highest BCUT2D eigenvalue weighted by Crippen LogP contribution is 2.50. The molecule has 2 nitrogen and oxygen atoms in total. The molecule has 0 radical (unpaired) electrons. The summed E-state index contributed by atoms with van der Waals surface area (Å²) in [6, 6.07) is 9.95. The molecule has 0 aliphatic heterocycles. The van der Waals surface area contributed by atoms with Crippen molar-refractivity contribution in [2.45, 2.75) is 45.1 Å². The zero-order valence-corrected chi connectivity index (χ0v) is 10.9. The standard InChI is InChI=1S/C16H20O2/c1-2-16(9-5-6-10-16)15(17)14-11-12-7-3-4-8-13(12)18-14/h3-4,7-8,11,15,17H,2,5-6,9-10H2,1H3. The molecule has 0 spiro atoms. The summed E-state index contributed by atoms with van der Waals surface area (Å²) in [5.74, 6) is 0.736. The SMILES string of the molecule is CCC1(C(O)c2cc3ccccc3o2)CCCC1. The molecule has 0 saturated heterocycles. The third kappa shape index (κ3) is 1.76. The van der Waals surface area contributed by atoms with E-state index in [1.165, 1.54) is 12.8 Å². The van der Waals surface area contributed by atoms with Crippen molar-refractivity contribution in [2.24, 2.45) is 5.41 Å². The van der Waals surface area contributed by atoms with Crippen molar-refractivity contribution in [3.05, 3.63) is 36.1 Å². The summed E-state index contributed by atoms with van der Waals surface area (Å²) in [5, 5.41) is 11.8. The molecule has 1 unspecified atom stereocenters. The summed E-state index contributed by atoms with van der Waals surface area (Å²) in [6.45, 7) is 2.18. The first-order valence-electron chi connectivity index (χ1n) is 6.92. The number of benzene rings is 1. The molecule has 2 aromatic rings. The largest absolute Gasteiger partial charge is 0.458 e. The normalized spacial score (nSPS) is 20.3. The van der Waals surface area contributed by atoms with E-state index in [9.17, 15) is 5.11 Å². The third-order valence-electron chi connectivity index (χ3n) is 4.60. The number of hydrogen-bond acceptors (Lipinski definition) is 2. The lowest BCUT2D eigenvalue weighted by Crippen LogP contribution is -2.24. The van der Waals surface area contributed by atoms with E-state index in [0.717, 1.165) is 36.0 Å². The Kier molecular flexibility index (Phi) is 2.90. The first-order valence-corrected chi connectivity index (χ1v) is 6.92. The van der Waals surface area contributed by atoms with E-state index in [-0.39, 0.29) is 5.41 Å². The second kappa shape index (κ2) is 4.43. The van der Waals surface area contributed by atoms with Crippen LogP contribution < -0.4 is 0 Å². The van der Waals surface area contributed by atoms with E-state index in [2.05, 4.69) is 6.92 Å². The van der Waals surface area contributed by atoms with Crippen LogP contribution in [0.15, 0.2) is 34.7 Å². The molecule has 0 amide bonds. The number of aliphatic hydroxyl groups excluding tert-OH is 1. The Morgan fingerprint density at radius 1 is 1.28 bits per heavy atom. The van der Waals surface area contributed by atoms with Crippen molar-refractivity contribution in [1.29, 1.82) is 0 Å². The van der Waals surface area contributed by atoms with Gasteiger partial charge in [0.25, 0.3) is 0 Å². The molecule has 18 heavy (non-hydrogen) atoms. The van der Waals surface area contributed by atoms with E-state index >= 15 is 0 Å². The molecule has 1 saturated carbocycles. The molecule has 1 fully saturated rings. The average molecular weight is 244 g/mol. The maximum atomic E-state index is 10.7. The summed E-state index contributed by atoms with van der Waals surface area (Å²) in [7, 11) is 0. The fourth-order valence-corrected chi connectivity index (χ4v) is 3.34. The van der Waals surface area contributed by atoms with E-state index < -0.39 is 6.10 Å². The Balaban J connectivity index is 1.98. The van der Waals surface area contributed by atoms with Crippen LogP contribution in [0.4, 0.5) is 0 Å². The second-order valence-electron chi connectivity index (χ2n) is 5.51. The molecule has 0 bridgehead atoms. The number of fused-ring (bicyclic) bond motifs is 1. The van der Waals surface area contributed by atoms with Crippen LogP contribution in [-0.4, -0.2) is 5.11 Å². The van der Waals surface area contributed by atoms with Gasteiger partial charge in [0.15, 0.2) is 0 Å². The predicted octanol–water partition coefficient (Wildman–Crippen LogP) is 4.44. The monoisotopic (exact) mass is 244 g/mol. The van der Waals surface area contributed by atoms with Crippen LogP contribution in [0, 0.1) is 5.41 Å². The number of para-hydroxylation sites is 1. The minimum Gasteiger partial charge on any atom is -0.458 e. The molecule has 1 N–H and O–H groups in total. The van der Waals surface area contributed by atoms with Crippen molar-refractivity contribution in [1.82, 2.24) is 0 Å². The fraction of sp³-hybridized carbons (Fsp3) is 0.500. The molecule has 1 aromatic carbocycles. The Labute approximate surface area is 108 Å². The van der Waals surface area contributed by atoms with E-state index in [1.807, 2.05) is 30.3 Å². The summed E-state index contributed by atoms with van der Waals surface area (Å²) in [5.41, 5.74) is 0.907. The maximum absolute atomic E-state index is 10.7. The van der Waals surface area contributed by atoms with Gasteiger partial charge >= 0.3 is 0 Å². The molecular weight excluding hydrogens is 224 g/mol. The van der Waals surface area contributed by atoms with Crippen LogP contribution in [-0.2, 0) is 0 Å². The number of furan rings is 1. The maximum Gasteiger partial charge on any atom is 0.134 e. The van der Waals surface area contributed by atoms with Crippen LogP contribution in [0.3, 0.4) is 0 Å². The van der Waals surface area contributed by atoms with Gasteiger partial charge in [-0.1, -0.05) is 38.0 Å². The van der Waals surface area contributed by atoms with Gasteiger partial charge in [0.05, 0.1) is 0 Å². The molecule has 1 atom stereocenters. The average Bonchev–Trinajstić information content (AvgIpc) is 3.05. The van der Waals surface area contributed by atoms with Gasteiger partial charge in [-0.2, -0.15) is 0 Å². The van der Waals surface area contributed by atoms with E-state index in [0.29, 0.717) is 0 Å².